The quantitative estimate of drug-likeness (QED) is 0.712. The van der Waals surface area contributed by atoms with Crippen LogP contribution < -0.4 is 4.74 Å². The second-order valence-corrected chi connectivity index (χ2v) is 7.00. The average molecular weight is 343 g/mol. The van der Waals surface area contributed by atoms with E-state index in [0.29, 0.717) is 0 Å². The van der Waals surface area contributed by atoms with Crippen LogP contribution in [0.1, 0.15) is 24.8 Å². The molecule has 5 nitrogen and oxygen atoms in total. The van der Waals surface area contributed by atoms with Crippen molar-refractivity contribution in [1.29, 1.82) is 5.26 Å². The summed E-state index contributed by atoms with van der Waals surface area (Å²) < 4.78 is 11.2. The van der Waals surface area contributed by atoms with Gasteiger partial charge in [-0.2, -0.15) is 5.26 Å². The molecule has 0 amide bonds. The Hall–Kier alpha value is -1.61. The molecule has 25 heavy (non-hydrogen) atoms. The fourth-order valence-electron chi connectivity index (χ4n) is 3.56. The van der Waals surface area contributed by atoms with Gasteiger partial charge in [0.1, 0.15) is 5.75 Å². The van der Waals surface area contributed by atoms with Crippen molar-refractivity contribution in [2.24, 2.45) is 5.92 Å². The lowest BCUT2D eigenvalue weighted by molar-refractivity contribution is 0.0358. The van der Waals surface area contributed by atoms with E-state index in [1.807, 2.05) is 0 Å². The number of piperidine rings is 1. The molecule has 0 aromatic heterocycles. The number of hydrogen-bond acceptors (Lipinski definition) is 5. The molecule has 0 radical (unpaired) electrons. The van der Waals surface area contributed by atoms with E-state index in [1.165, 1.54) is 5.56 Å². The van der Waals surface area contributed by atoms with Crippen LogP contribution in [0.5, 0.6) is 5.75 Å². The Kier molecular flexibility index (Phi) is 7.10. The normalized spacial score (nSPS) is 22.4. The number of likely N-dealkylation sites (tertiary alicyclic amines) is 1. The van der Waals surface area contributed by atoms with Crippen LogP contribution in [0.25, 0.3) is 0 Å². The summed E-state index contributed by atoms with van der Waals surface area (Å²) in [5, 5.41) is 9.09. The summed E-state index contributed by atoms with van der Waals surface area (Å²) in [7, 11) is 0. The largest absolute Gasteiger partial charge is 0.494 e. The van der Waals surface area contributed by atoms with E-state index in [1.54, 1.807) is 0 Å². The number of rotatable bonds is 7. The van der Waals surface area contributed by atoms with Crippen LogP contribution in [0, 0.1) is 17.2 Å². The maximum Gasteiger partial charge on any atom is 0.119 e. The predicted octanol–water partition coefficient (Wildman–Crippen LogP) is 2.52. The molecule has 1 atom stereocenters. The second-order valence-electron chi connectivity index (χ2n) is 7.00. The first-order chi connectivity index (χ1) is 12.3. The van der Waals surface area contributed by atoms with Gasteiger partial charge in [-0.15, -0.1) is 0 Å². The SMILES string of the molecule is N#C[C@H]1CCCN(Cc2ccc(OCCCN3CCOCC3)cc2)C1. The minimum atomic E-state index is 0.197. The lowest BCUT2D eigenvalue weighted by Crippen LogP contribution is -2.37. The van der Waals surface area contributed by atoms with Crippen molar-refractivity contribution >= 4 is 0 Å². The summed E-state index contributed by atoms with van der Waals surface area (Å²) in [5.74, 6) is 1.14. The fraction of sp³-hybridized carbons (Fsp3) is 0.650. The number of hydrogen-bond donors (Lipinski definition) is 0. The highest BCUT2D eigenvalue weighted by Crippen LogP contribution is 2.19. The van der Waals surface area contributed by atoms with Gasteiger partial charge in [0.2, 0.25) is 0 Å². The van der Waals surface area contributed by atoms with Crippen molar-refractivity contribution in [2.75, 3.05) is 52.5 Å². The molecule has 5 heteroatoms. The van der Waals surface area contributed by atoms with Gasteiger partial charge < -0.3 is 9.47 Å². The number of nitrogens with zero attached hydrogens (tertiary/aromatic N) is 3. The highest BCUT2D eigenvalue weighted by Gasteiger charge is 2.19. The van der Waals surface area contributed by atoms with Gasteiger partial charge in [0.25, 0.3) is 0 Å². The van der Waals surface area contributed by atoms with Crippen molar-refractivity contribution < 1.29 is 9.47 Å². The third kappa shape index (κ3) is 6.00. The van der Waals surface area contributed by atoms with Crippen LogP contribution >= 0.6 is 0 Å². The van der Waals surface area contributed by atoms with Crippen molar-refractivity contribution in [2.45, 2.75) is 25.8 Å². The Bertz CT molecular complexity index is 549. The number of nitriles is 1. The van der Waals surface area contributed by atoms with Crippen LogP contribution in [0.4, 0.5) is 0 Å². The van der Waals surface area contributed by atoms with Crippen LogP contribution in [-0.4, -0.2) is 62.3 Å². The first kappa shape index (κ1) is 18.2. The third-order valence-electron chi connectivity index (χ3n) is 5.01. The fourth-order valence-corrected chi connectivity index (χ4v) is 3.56. The minimum Gasteiger partial charge on any atom is -0.494 e. The third-order valence-corrected chi connectivity index (χ3v) is 5.01. The molecule has 0 saturated carbocycles. The molecule has 0 spiro atoms. The zero-order valence-corrected chi connectivity index (χ0v) is 15.0. The summed E-state index contributed by atoms with van der Waals surface area (Å²) in [4.78, 5) is 4.82. The lowest BCUT2D eigenvalue weighted by Gasteiger charge is -2.29. The van der Waals surface area contributed by atoms with Gasteiger partial charge in [0.15, 0.2) is 0 Å². The smallest absolute Gasteiger partial charge is 0.119 e. The summed E-state index contributed by atoms with van der Waals surface area (Å²) >= 11 is 0. The summed E-state index contributed by atoms with van der Waals surface area (Å²) in [6, 6.07) is 10.8. The van der Waals surface area contributed by atoms with Crippen LogP contribution in [0.2, 0.25) is 0 Å². The maximum atomic E-state index is 9.09. The van der Waals surface area contributed by atoms with Gasteiger partial charge in [-0.05, 0) is 43.5 Å². The number of ether oxygens (including phenoxy) is 2. The zero-order valence-electron chi connectivity index (χ0n) is 15.0. The van der Waals surface area contributed by atoms with E-state index in [2.05, 4.69) is 40.1 Å². The van der Waals surface area contributed by atoms with E-state index in [9.17, 15) is 0 Å². The summed E-state index contributed by atoms with van der Waals surface area (Å²) in [5.41, 5.74) is 1.29. The van der Waals surface area contributed by atoms with Gasteiger partial charge >= 0.3 is 0 Å². The molecule has 136 valence electrons. The molecule has 0 aliphatic carbocycles. The first-order valence-corrected chi connectivity index (χ1v) is 9.47. The molecule has 2 aliphatic heterocycles. The van der Waals surface area contributed by atoms with Crippen molar-refractivity contribution in [3.63, 3.8) is 0 Å². The van der Waals surface area contributed by atoms with Crippen molar-refractivity contribution in [3.8, 4) is 11.8 Å². The molecule has 2 aliphatic rings. The van der Waals surface area contributed by atoms with E-state index in [4.69, 9.17) is 14.7 Å². The average Bonchev–Trinajstić information content (AvgIpc) is 2.67. The van der Waals surface area contributed by atoms with Gasteiger partial charge in [-0.25, -0.2) is 0 Å². The Morgan fingerprint density at radius 2 is 1.92 bits per heavy atom. The molecular weight excluding hydrogens is 314 g/mol. The van der Waals surface area contributed by atoms with E-state index in [0.717, 1.165) is 84.1 Å². The number of benzene rings is 1. The van der Waals surface area contributed by atoms with Crippen LogP contribution in [0.15, 0.2) is 24.3 Å². The molecule has 1 aromatic rings. The maximum absolute atomic E-state index is 9.09. The lowest BCUT2D eigenvalue weighted by atomic mass is 9.99. The molecule has 3 rings (SSSR count). The Morgan fingerprint density at radius 1 is 1.12 bits per heavy atom. The molecular formula is C20H29N3O2. The Labute approximate surface area is 151 Å². The number of morpholine rings is 1. The molecule has 2 heterocycles. The first-order valence-electron chi connectivity index (χ1n) is 9.47. The highest BCUT2D eigenvalue weighted by atomic mass is 16.5. The van der Waals surface area contributed by atoms with Gasteiger partial charge in [-0.1, -0.05) is 12.1 Å². The van der Waals surface area contributed by atoms with Gasteiger partial charge in [-0.3, -0.25) is 9.80 Å². The van der Waals surface area contributed by atoms with Crippen molar-refractivity contribution in [1.82, 2.24) is 9.80 Å². The summed E-state index contributed by atoms with van der Waals surface area (Å²) in [6.07, 6.45) is 3.22. The molecule has 1 aromatic carbocycles. The van der Waals surface area contributed by atoms with Gasteiger partial charge in [0.05, 0.1) is 31.8 Å². The predicted molar refractivity (Wildman–Crippen MR) is 97.4 cm³/mol. The molecule has 2 saturated heterocycles. The molecule has 2 fully saturated rings. The standard InChI is InChI=1S/C20H29N3O2/c21-15-19-3-1-8-23(17-19)16-18-4-6-20(7-5-18)25-12-2-9-22-10-13-24-14-11-22/h4-7,19H,1-3,8-14,16-17H2/t19-/m1/s1. The highest BCUT2D eigenvalue weighted by molar-refractivity contribution is 5.27. The summed E-state index contributed by atoms with van der Waals surface area (Å²) in [6.45, 7) is 8.55. The molecule has 0 N–H and O–H groups in total. The zero-order chi connectivity index (χ0) is 17.3. The van der Waals surface area contributed by atoms with E-state index < -0.39 is 0 Å². The van der Waals surface area contributed by atoms with E-state index in [-0.39, 0.29) is 5.92 Å². The topological polar surface area (TPSA) is 48.7 Å². The van der Waals surface area contributed by atoms with Gasteiger partial charge in [0, 0.05) is 32.7 Å². The monoisotopic (exact) mass is 343 g/mol. The van der Waals surface area contributed by atoms with E-state index >= 15 is 0 Å². The minimum absolute atomic E-state index is 0.197. The van der Waals surface area contributed by atoms with Crippen LogP contribution in [0.3, 0.4) is 0 Å². The molecule has 0 unspecified atom stereocenters. The Morgan fingerprint density at radius 3 is 2.68 bits per heavy atom. The molecule has 0 bridgehead atoms. The van der Waals surface area contributed by atoms with Crippen LogP contribution in [-0.2, 0) is 11.3 Å². The Balaban J connectivity index is 1.36. The van der Waals surface area contributed by atoms with Crippen molar-refractivity contribution in [3.05, 3.63) is 29.8 Å². The second kappa shape index (κ2) is 9.76.